The largest absolute Gasteiger partial charge is 0.461 e. The van der Waals surface area contributed by atoms with Crippen LogP contribution in [0.1, 0.15) is 32.3 Å². The quantitative estimate of drug-likeness (QED) is 0.629. The lowest BCUT2D eigenvalue weighted by Gasteiger charge is -2.60. The van der Waals surface area contributed by atoms with Crippen LogP contribution >= 0.6 is 0 Å². The Morgan fingerprint density at radius 1 is 1.44 bits per heavy atom. The van der Waals surface area contributed by atoms with Crippen LogP contribution < -0.4 is 5.32 Å². The van der Waals surface area contributed by atoms with Gasteiger partial charge in [-0.15, -0.1) is 0 Å². The van der Waals surface area contributed by atoms with Crippen molar-refractivity contribution in [2.75, 3.05) is 11.9 Å². The number of carbonyl (C=O) groups is 1. The van der Waals surface area contributed by atoms with Gasteiger partial charge in [0, 0.05) is 31.5 Å². The average Bonchev–Trinajstić information content (AvgIpc) is 3.20. The summed E-state index contributed by atoms with van der Waals surface area (Å²) in [5.74, 6) is 0.0805. The summed E-state index contributed by atoms with van der Waals surface area (Å²) in [6.45, 7) is 4.55. The summed E-state index contributed by atoms with van der Waals surface area (Å²) in [7, 11) is 0. The first-order chi connectivity index (χ1) is 12.1. The van der Waals surface area contributed by atoms with E-state index in [9.17, 15) is 4.79 Å². The third-order valence-corrected chi connectivity index (χ3v) is 7.28. The van der Waals surface area contributed by atoms with Gasteiger partial charge in [0.05, 0.1) is 11.5 Å². The number of nitrogens with zero attached hydrogens (tertiary/aromatic N) is 1. The highest BCUT2D eigenvalue weighted by Crippen LogP contribution is 2.70. The summed E-state index contributed by atoms with van der Waals surface area (Å²) < 4.78 is 12.7. The lowest BCUT2D eigenvalue weighted by molar-refractivity contribution is -0.170. The molecule has 1 spiro atoms. The van der Waals surface area contributed by atoms with E-state index in [2.05, 4.69) is 47.5 Å². The Morgan fingerprint density at radius 2 is 2.28 bits per heavy atom. The number of fused-ring (bicyclic) bond motifs is 4. The number of piperidine rings is 2. The Labute approximate surface area is 147 Å². The number of para-hydroxylation sites is 1. The Bertz CT molecular complexity index is 836. The van der Waals surface area contributed by atoms with E-state index in [0.717, 1.165) is 25.1 Å². The molecule has 5 aliphatic rings. The average molecular weight is 338 g/mol. The fraction of sp³-hybridized carbons (Fsp3) is 0.550. The van der Waals surface area contributed by atoms with Crippen LogP contribution in [0.4, 0.5) is 5.69 Å². The molecule has 0 radical (unpaired) electrons. The number of carbonyl (C=O) groups excluding carboxylic acids is 1. The van der Waals surface area contributed by atoms with Crippen molar-refractivity contribution in [3.05, 3.63) is 41.5 Å². The van der Waals surface area contributed by atoms with Crippen molar-refractivity contribution in [3.8, 4) is 0 Å². The Kier molecular flexibility index (Phi) is 2.45. The summed E-state index contributed by atoms with van der Waals surface area (Å²) in [4.78, 5) is 14.6. The molecule has 25 heavy (non-hydrogen) atoms. The van der Waals surface area contributed by atoms with Crippen molar-refractivity contribution in [2.24, 2.45) is 5.92 Å². The van der Waals surface area contributed by atoms with Crippen LogP contribution in [-0.4, -0.2) is 41.5 Å². The predicted molar refractivity (Wildman–Crippen MR) is 91.9 cm³/mol. The Hall–Kier alpha value is -1.85. The number of hydrogen-bond donors (Lipinski definition) is 1. The maximum Gasteiger partial charge on any atom is 0.302 e. The number of benzene rings is 1. The van der Waals surface area contributed by atoms with Crippen LogP contribution in [0.3, 0.4) is 0 Å². The summed E-state index contributed by atoms with van der Waals surface area (Å²) >= 11 is 0. The monoisotopic (exact) mass is 338 g/mol. The van der Waals surface area contributed by atoms with Gasteiger partial charge in [0.25, 0.3) is 0 Å². The minimum atomic E-state index is -0.461. The summed E-state index contributed by atoms with van der Waals surface area (Å²) in [6.07, 6.45) is 4.01. The third kappa shape index (κ3) is 1.37. The van der Waals surface area contributed by atoms with E-state index in [1.807, 2.05) is 0 Å². The maximum atomic E-state index is 12.0. The van der Waals surface area contributed by atoms with Crippen molar-refractivity contribution in [1.29, 1.82) is 0 Å². The number of rotatable bonds is 1. The number of allylic oxidation sites excluding steroid dienone is 1. The molecule has 1 aromatic carbocycles. The van der Waals surface area contributed by atoms with Gasteiger partial charge < -0.3 is 14.8 Å². The van der Waals surface area contributed by atoms with Crippen LogP contribution in [0.2, 0.25) is 0 Å². The van der Waals surface area contributed by atoms with Gasteiger partial charge in [0.15, 0.2) is 5.72 Å². The zero-order chi connectivity index (χ0) is 17.0. The summed E-state index contributed by atoms with van der Waals surface area (Å²) in [5.41, 5.74) is 3.02. The molecule has 5 nitrogen and oxygen atoms in total. The molecular formula is C20H22N2O3. The normalized spacial score (nSPS) is 46.9. The fourth-order valence-electron chi connectivity index (χ4n) is 6.54. The lowest BCUT2D eigenvalue weighted by Crippen LogP contribution is -2.74. The second kappa shape index (κ2) is 4.27. The van der Waals surface area contributed by atoms with Gasteiger partial charge in [0.2, 0.25) is 0 Å². The van der Waals surface area contributed by atoms with E-state index in [1.54, 1.807) is 0 Å². The highest BCUT2D eigenvalue weighted by atomic mass is 16.6. The maximum absolute atomic E-state index is 12.0. The molecule has 0 amide bonds. The number of nitrogens with one attached hydrogen (secondary N) is 1. The molecule has 5 heteroatoms. The topological polar surface area (TPSA) is 50.8 Å². The van der Waals surface area contributed by atoms with Crippen molar-refractivity contribution in [3.63, 3.8) is 0 Å². The van der Waals surface area contributed by atoms with Crippen molar-refractivity contribution < 1.29 is 14.3 Å². The predicted octanol–water partition coefficient (Wildman–Crippen LogP) is 2.39. The minimum absolute atomic E-state index is 0.0973. The lowest BCUT2D eigenvalue weighted by atomic mass is 9.53. The highest BCUT2D eigenvalue weighted by molar-refractivity contribution is 5.71. The van der Waals surface area contributed by atoms with E-state index in [4.69, 9.17) is 9.47 Å². The van der Waals surface area contributed by atoms with E-state index in [1.165, 1.54) is 18.1 Å². The standard InChI is InChI=1S/C20H22N2O3/c1-3-12-10-22-16-8-13(12)18(24-11(2)23)19-9-17(22)25-20(16,19)21-15-7-5-4-6-14(15)19/h3-7,13,16-18,21H,8-10H2,1-2H3/b12-3-/t13-,16-,17-,18-,19-,20-/m0/s1. The zero-order valence-corrected chi connectivity index (χ0v) is 14.5. The second-order valence-corrected chi connectivity index (χ2v) is 8.08. The molecular weight excluding hydrogens is 316 g/mol. The van der Waals surface area contributed by atoms with Gasteiger partial charge >= 0.3 is 5.97 Å². The molecule has 4 fully saturated rings. The van der Waals surface area contributed by atoms with Gasteiger partial charge in [-0.3, -0.25) is 9.69 Å². The van der Waals surface area contributed by atoms with Crippen LogP contribution in [0.25, 0.3) is 0 Å². The highest BCUT2D eigenvalue weighted by Gasteiger charge is 2.82. The smallest absolute Gasteiger partial charge is 0.302 e. The summed E-state index contributed by atoms with van der Waals surface area (Å²) in [5, 5.41) is 3.74. The number of esters is 1. The molecule has 4 aliphatic heterocycles. The molecule has 130 valence electrons. The van der Waals surface area contributed by atoms with E-state index in [-0.39, 0.29) is 29.6 Å². The minimum Gasteiger partial charge on any atom is -0.461 e. The van der Waals surface area contributed by atoms with Crippen molar-refractivity contribution in [1.82, 2.24) is 4.90 Å². The molecule has 3 saturated heterocycles. The molecule has 6 rings (SSSR count). The Morgan fingerprint density at radius 3 is 3.08 bits per heavy atom. The molecule has 1 aliphatic carbocycles. The fourth-order valence-corrected chi connectivity index (χ4v) is 6.54. The first-order valence-electron chi connectivity index (χ1n) is 9.24. The van der Waals surface area contributed by atoms with Gasteiger partial charge in [-0.05, 0) is 25.0 Å². The van der Waals surface area contributed by atoms with Gasteiger partial charge in [-0.1, -0.05) is 29.8 Å². The van der Waals surface area contributed by atoms with Gasteiger partial charge in [-0.25, -0.2) is 0 Å². The van der Waals surface area contributed by atoms with Gasteiger partial charge in [-0.2, -0.15) is 0 Å². The summed E-state index contributed by atoms with van der Waals surface area (Å²) in [6, 6.07) is 8.80. The molecule has 1 aromatic rings. The molecule has 0 unspecified atom stereocenters. The Balaban J connectivity index is 1.64. The van der Waals surface area contributed by atoms with Crippen LogP contribution in [0.5, 0.6) is 0 Å². The van der Waals surface area contributed by atoms with E-state index < -0.39 is 5.72 Å². The molecule has 4 heterocycles. The number of ether oxygens (including phenoxy) is 2. The van der Waals surface area contributed by atoms with Crippen LogP contribution in [-0.2, 0) is 19.7 Å². The van der Waals surface area contributed by atoms with Crippen LogP contribution in [0, 0.1) is 5.92 Å². The molecule has 0 aromatic heterocycles. The second-order valence-electron chi connectivity index (χ2n) is 8.08. The van der Waals surface area contributed by atoms with Crippen molar-refractivity contribution >= 4 is 11.7 Å². The van der Waals surface area contributed by atoms with Gasteiger partial charge in [0.1, 0.15) is 12.3 Å². The van der Waals surface area contributed by atoms with E-state index in [0.29, 0.717) is 6.04 Å². The third-order valence-electron chi connectivity index (χ3n) is 7.28. The molecule has 1 saturated carbocycles. The van der Waals surface area contributed by atoms with Crippen LogP contribution in [0.15, 0.2) is 35.9 Å². The number of hydrogen-bond acceptors (Lipinski definition) is 5. The molecule has 1 N–H and O–H groups in total. The van der Waals surface area contributed by atoms with E-state index >= 15 is 0 Å². The van der Waals surface area contributed by atoms with Crippen molar-refractivity contribution in [2.45, 2.75) is 56.2 Å². The SMILES string of the molecule is C/C=C1/CN2[C@@H]3C[C@@]45c6ccccc6N[C@]4(O3)[C@@H]2C[C@@H]1[C@@H]5OC(C)=O. The number of anilines is 1. The zero-order valence-electron chi connectivity index (χ0n) is 14.5. The molecule has 4 bridgehead atoms. The molecule has 6 atom stereocenters. The first kappa shape index (κ1) is 14.3. The first-order valence-corrected chi connectivity index (χ1v) is 9.24.